The second-order valence-corrected chi connectivity index (χ2v) is 5.70. The van der Waals surface area contributed by atoms with Gasteiger partial charge in [-0.25, -0.2) is 9.97 Å². The van der Waals surface area contributed by atoms with Gasteiger partial charge in [0, 0.05) is 35.2 Å². The van der Waals surface area contributed by atoms with Crippen LogP contribution >= 0.6 is 15.9 Å². The van der Waals surface area contributed by atoms with Crippen LogP contribution in [0.25, 0.3) is 11.4 Å². The number of aromatic nitrogens is 3. The van der Waals surface area contributed by atoms with Crippen molar-refractivity contribution in [1.82, 2.24) is 20.3 Å². The topological polar surface area (TPSA) is 50.7 Å². The normalized spacial score (nSPS) is 10.9. The van der Waals surface area contributed by atoms with Crippen molar-refractivity contribution >= 4 is 15.9 Å². The molecule has 0 aromatic carbocycles. The van der Waals surface area contributed by atoms with E-state index < -0.39 is 0 Å². The minimum absolute atomic E-state index is 0.635. The maximum absolute atomic E-state index is 4.55. The summed E-state index contributed by atoms with van der Waals surface area (Å²) in [6, 6.07) is 3.90. The molecule has 0 saturated heterocycles. The van der Waals surface area contributed by atoms with Gasteiger partial charge in [-0.2, -0.15) is 0 Å². The van der Waals surface area contributed by atoms with E-state index >= 15 is 0 Å². The molecule has 2 aromatic heterocycles. The molecular formula is C14H17BrN4. The molecule has 0 radical (unpaired) electrons. The molecule has 0 aliphatic rings. The Bertz CT molecular complexity index is 542. The van der Waals surface area contributed by atoms with Gasteiger partial charge in [-0.05, 0) is 40.5 Å². The molecule has 2 aromatic rings. The van der Waals surface area contributed by atoms with E-state index in [1.54, 1.807) is 18.6 Å². The molecule has 0 aliphatic carbocycles. The quantitative estimate of drug-likeness (QED) is 0.920. The largest absolute Gasteiger partial charge is 0.311 e. The molecule has 1 N–H and O–H groups in total. The molecule has 0 amide bonds. The highest BCUT2D eigenvalue weighted by molar-refractivity contribution is 9.10. The molecule has 0 fully saturated rings. The van der Waals surface area contributed by atoms with Gasteiger partial charge in [-0.15, -0.1) is 0 Å². The minimum Gasteiger partial charge on any atom is -0.311 e. The van der Waals surface area contributed by atoms with Gasteiger partial charge < -0.3 is 5.32 Å². The standard InChI is InChI=1S/C14H17BrN4/c1-10(2)6-16-9-13-3-4-18-14(19-13)11-5-12(15)8-17-7-11/h3-5,7-8,10,16H,6,9H2,1-2H3. The molecule has 2 rings (SSSR count). The zero-order chi connectivity index (χ0) is 13.7. The third-order valence-electron chi connectivity index (χ3n) is 2.54. The van der Waals surface area contributed by atoms with Gasteiger partial charge in [-0.1, -0.05) is 13.8 Å². The van der Waals surface area contributed by atoms with E-state index in [9.17, 15) is 0 Å². The fourth-order valence-electron chi connectivity index (χ4n) is 1.66. The highest BCUT2D eigenvalue weighted by Crippen LogP contribution is 2.18. The van der Waals surface area contributed by atoms with E-state index in [0.29, 0.717) is 11.7 Å². The number of rotatable bonds is 5. The van der Waals surface area contributed by atoms with Crippen LogP contribution in [-0.4, -0.2) is 21.5 Å². The third kappa shape index (κ3) is 4.36. The molecule has 0 unspecified atom stereocenters. The van der Waals surface area contributed by atoms with Crippen molar-refractivity contribution in [3.63, 3.8) is 0 Å². The summed E-state index contributed by atoms with van der Waals surface area (Å²) in [5, 5.41) is 3.38. The predicted octanol–water partition coefficient (Wildman–Crippen LogP) is 3.05. The molecule has 0 aliphatic heterocycles. The summed E-state index contributed by atoms with van der Waals surface area (Å²) >= 11 is 3.41. The van der Waals surface area contributed by atoms with Gasteiger partial charge in [-0.3, -0.25) is 4.98 Å². The zero-order valence-corrected chi connectivity index (χ0v) is 12.7. The van der Waals surface area contributed by atoms with Crippen LogP contribution in [0, 0.1) is 5.92 Å². The zero-order valence-electron chi connectivity index (χ0n) is 11.1. The number of hydrogen-bond donors (Lipinski definition) is 1. The first-order chi connectivity index (χ1) is 9.15. The fourth-order valence-corrected chi connectivity index (χ4v) is 2.02. The van der Waals surface area contributed by atoms with E-state index in [4.69, 9.17) is 0 Å². The SMILES string of the molecule is CC(C)CNCc1ccnc(-c2cncc(Br)c2)n1. The first kappa shape index (κ1) is 14.1. The Morgan fingerprint density at radius 2 is 2.16 bits per heavy atom. The maximum Gasteiger partial charge on any atom is 0.161 e. The second-order valence-electron chi connectivity index (χ2n) is 4.79. The van der Waals surface area contributed by atoms with Crippen LogP contribution in [0.3, 0.4) is 0 Å². The average Bonchev–Trinajstić information content (AvgIpc) is 2.39. The summed E-state index contributed by atoms with van der Waals surface area (Å²) in [6.07, 6.45) is 5.30. The summed E-state index contributed by atoms with van der Waals surface area (Å²) in [7, 11) is 0. The second kappa shape index (κ2) is 6.73. The van der Waals surface area contributed by atoms with Gasteiger partial charge >= 0.3 is 0 Å². The van der Waals surface area contributed by atoms with E-state index in [1.807, 2.05) is 12.1 Å². The molecule has 5 heteroatoms. The van der Waals surface area contributed by atoms with E-state index in [1.165, 1.54) is 0 Å². The maximum atomic E-state index is 4.55. The molecule has 4 nitrogen and oxygen atoms in total. The van der Waals surface area contributed by atoms with Crippen molar-refractivity contribution in [3.05, 3.63) is 40.9 Å². The molecule has 100 valence electrons. The number of nitrogens with one attached hydrogen (secondary N) is 1. The molecule has 2 heterocycles. The van der Waals surface area contributed by atoms with E-state index in [2.05, 4.69) is 50.0 Å². The number of halogens is 1. The Hall–Kier alpha value is -1.33. The van der Waals surface area contributed by atoms with Crippen molar-refractivity contribution in [1.29, 1.82) is 0 Å². The number of nitrogens with zero attached hydrogens (tertiary/aromatic N) is 3. The molecular weight excluding hydrogens is 304 g/mol. The first-order valence-corrected chi connectivity index (χ1v) is 7.08. The van der Waals surface area contributed by atoms with Gasteiger partial charge in [0.25, 0.3) is 0 Å². The van der Waals surface area contributed by atoms with Crippen LogP contribution in [0.2, 0.25) is 0 Å². The van der Waals surface area contributed by atoms with Gasteiger partial charge in [0.15, 0.2) is 5.82 Å². The Morgan fingerprint density at radius 3 is 2.89 bits per heavy atom. The lowest BCUT2D eigenvalue weighted by atomic mass is 10.2. The molecule has 0 bridgehead atoms. The Kier molecular flexibility index (Phi) is 4.99. The van der Waals surface area contributed by atoms with Crippen molar-refractivity contribution in [2.24, 2.45) is 5.92 Å². The van der Waals surface area contributed by atoms with Crippen LogP contribution in [0.1, 0.15) is 19.5 Å². The Labute approximate surface area is 121 Å². The number of hydrogen-bond acceptors (Lipinski definition) is 4. The van der Waals surface area contributed by atoms with Crippen LogP contribution in [-0.2, 0) is 6.54 Å². The summed E-state index contributed by atoms with van der Waals surface area (Å²) in [4.78, 5) is 13.0. The van der Waals surface area contributed by atoms with Crippen molar-refractivity contribution < 1.29 is 0 Å². The minimum atomic E-state index is 0.635. The summed E-state index contributed by atoms with van der Waals surface area (Å²) < 4.78 is 0.928. The molecule has 0 saturated carbocycles. The van der Waals surface area contributed by atoms with Gasteiger partial charge in [0.2, 0.25) is 0 Å². The smallest absolute Gasteiger partial charge is 0.161 e. The highest BCUT2D eigenvalue weighted by Gasteiger charge is 2.04. The van der Waals surface area contributed by atoms with Crippen molar-refractivity contribution in [2.75, 3.05) is 6.54 Å². The van der Waals surface area contributed by atoms with Crippen LogP contribution < -0.4 is 5.32 Å². The van der Waals surface area contributed by atoms with Crippen LogP contribution in [0.4, 0.5) is 0 Å². The van der Waals surface area contributed by atoms with Crippen molar-refractivity contribution in [3.8, 4) is 11.4 Å². The Morgan fingerprint density at radius 1 is 1.32 bits per heavy atom. The van der Waals surface area contributed by atoms with E-state index in [0.717, 1.165) is 28.8 Å². The molecule has 0 atom stereocenters. The highest BCUT2D eigenvalue weighted by atomic mass is 79.9. The number of pyridine rings is 1. The lowest BCUT2D eigenvalue weighted by molar-refractivity contribution is 0.548. The summed E-state index contributed by atoms with van der Waals surface area (Å²) in [5.74, 6) is 1.34. The molecule has 19 heavy (non-hydrogen) atoms. The van der Waals surface area contributed by atoms with Gasteiger partial charge in [0.05, 0.1) is 5.69 Å². The van der Waals surface area contributed by atoms with E-state index in [-0.39, 0.29) is 0 Å². The average molecular weight is 321 g/mol. The fraction of sp³-hybridized carbons (Fsp3) is 0.357. The molecule has 0 spiro atoms. The van der Waals surface area contributed by atoms with Crippen molar-refractivity contribution in [2.45, 2.75) is 20.4 Å². The van der Waals surface area contributed by atoms with Crippen LogP contribution in [0.5, 0.6) is 0 Å². The predicted molar refractivity (Wildman–Crippen MR) is 79.5 cm³/mol. The Balaban J connectivity index is 2.11. The lowest BCUT2D eigenvalue weighted by Gasteiger charge is -2.07. The first-order valence-electron chi connectivity index (χ1n) is 6.28. The summed E-state index contributed by atoms with van der Waals surface area (Å²) in [5.41, 5.74) is 1.91. The lowest BCUT2D eigenvalue weighted by Crippen LogP contribution is -2.19. The van der Waals surface area contributed by atoms with Gasteiger partial charge in [0.1, 0.15) is 0 Å². The van der Waals surface area contributed by atoms with Crippen LogP contribution in [0.15, 0.2) is 35.2 Å². The summed E-state index contributed by atoms with van der Waals surface area (Å²) in [6.45, 7) is 6.12. The monoisotopic (exact) mass is 320 g/mol. The third-order valence-corrected chi connectivity index (χ3v) is 2.97.